The molecule has 0 heterocycles. The van der Waals surface area contributed by atoms with E-state index in [1.165, 1.54) is 12.1 Å². The van der Waals surface area contributed by atoms with Crippen LogP contribution in [-0.2, 0) is 9.84 Å². The molecule has 0 spiro atoms. The van der Waals surface area contributed by atoms with Crippen molar-refractivity contribution in [1.82, 2.24) is 0 Å². The first-order valence-electron chi connectivity index (χ1n) is 5.75. The molecule has 1 aromatic carbocycles. The van der Waals surface area contributed by atoms with Crippen LogP contribution >= 0.6 is 15.9 Å². The number of rotatable bonds is 6. The summed E-state index contributed by atoms with van der Waals surface area (Å²) in [7, 11) is -4.51. The number of anilines is 1. The Morgan fingerprint density at radius 3 is 2.11 bits per heavy atom. The molecule has 0 bridgehead atoms. The molecule has 0 radical (unpaired) electrons. The van der Waals surface area contributed by atoms with Crippen molar-refractivity contribution in [3.8, 4) is 0 Å². The van der Waals surface area contributed by atoms with Crippen molar-refractivity contribution in [3.63, 3.8) is 0 Å². The SMILES string of the molecule is CC(C)N(CCBr)c1ccc(S(=O)(=O)C(F)F)cc1. The average molecular weight is 356 g/mol. The highest BCUT2D eigenvalue weighted by atomic mass is 79.9. The van der Waals surface area contributed by atoms with Crippen molar-refractivity contribution in [3.05, 3.63) is 24.3 Å². The zero-order chi connectivity index (χ0) is 14.6. The van der Waals surface area contributed by atoms with Gasteiger partial charge in [-0.1, -0.05) is 15.9 Å². The summed E-state index contributed by atoms with van der Waals surface area (Å²) in [5, 5.41) is 0.766. The third-order valence-electron chi connectivity index (χ3n) is 2.68. The van der Waals surface area contributed by atoms with Crippen LogP contribution in [0.2, 0.25) is 0 Å². The first-order valence-corrected chi connectivity index (χ1v) is 8.42. The predicted octanol–water partition coefficient (Wildman–Crippen LogP) is 3.29. The van der Waals surface area contributed by atoms with Gasteiger partial charge in [-0.25, -0.2) is 8.42 Å². The number of nitrogens with zero attached hydrogens (tertiary/aromatic N) is 1. The van der Waals surface area contributed by atoms with E-state index in [2.05, 4.69) is 15.9 Å². The Balaban J connectivity index is 3.05. The minimum atomic E-state index is -4.51. The smallest absolute Gasteiger partial charge is 0.341 e. The van der Waals surface area contributed by atoms with Gasteiger partial charge in [0.25, 0.3) is 0 Å². The van der Waals surface area contributed by atoms with E-state index in [1.54, 1.807) is 12.1 Å². The fourth-order valence-electron chi connectivity index (χ4n) is 1.71. The van der Waals surface area contributed by atoms with E-state index in [0.717, 1.165) is 17.6 Å². The van der Waals surface area contributed by atoms with Gasteiger partial charge >= 0.3 is 5.76 Å². The maximum atomic E-state index is 12.4. The Labute approximate surface area is 120 Å². The number of benzene rings is 1. The Hall–Kier alpha value is -0.690. The van der Waals surface area contributed by atoms with Gasteiger partial charge in [0.15, 0.2) is 0 Å². The quantitative estimate of drug-likeness (QED) is 0.734. The van der Waals surface area contributed by atoms with Crippen molar-refractivity contribution >= 4 is 31.5 Å². The molecule has 0 aliphatic rings. The van der Waals surface area contributed by atoms with Crippen LogP contribution in [-0.4, -0.2) is 32.1 Å². The van der Waals surface area contributed by atoms with E-state index < -0.39 is 15.6 Å². The number of halogens is 3. The normalized spacial score (nSPS) is 12.2. The van der Waals surface area contributed by atoms with Gasteiger partial charge in [-0.3, -0.25) is 0 Å². The van der Waals surface area contributed by atoms with Crippen LogP contribution in [0.5, 0.6) is 0 Å². The molecule has 19 heavy (non-hydrogen) atoms. The van der Waals surface area contributed by atoms with E-state index in [4.69, 9.17) is 0 Å². The van der Waals surface area contributed by atoms with E-state index in [9.17, 15) is 17.2 Å². The lowest BCUT2D eigenvalue weighted by molar-refractivity contribution is 0.234. The van der Waals surface area contributed by atoms with Crippen molar-refractivity contribution in [1.29, 1.82) is 0 Å². The highest BCUT2D eigenvalue weighted by molar-refractivity contribution is 9.09. The molecule has 0 aliphatic heterocycles. The molecular formula is C12H16BrF2NO2S. The zero-order valence-electron chi connectivity index (χ0n) is 10.7. The van der Waals surface area contributed by atoms with Crippen molar-refractivity contribution < 1.29 is 17.2 Å². The van der Waals surface area contributed by atoms with Crippen LogP contribution < -0.4 is 4.90 Å². The molecule has 0 saturated carbocycles. The monoisotopic (exact) mass is 355 g/mol. The summed E-state index contributed by atoms with van der Waals surface area (Å²) in [6.07, 6.45) is 0. The number of alkyl halides is 3. The first-order chi connectivity index (χ1) is 8.80. The highest BCUT2D eigenvalue weighted by Crippen LogP contribution is 2.23. The minimum Gasteiger partial charge on any atom is -0.368 e. The average Bonchev–Trinajstić information content (AvgIpc) is 2.35. The van der Waals surface area contributed by atoms with E-state index in [0.29, 0.717) is 0 Å². The van der Waals surface area contributed by atoms with Crippen LogP contribution in [0.3, 0.4) is 0 Å². The van der Waals surface area contributed by atoms with Crippen LogP contribution in [0.15, 0.2) is 29.2 Å². The van der Waals surface area contributed by atoms with Gasteiger partial charge < -0.3 is 4.90 Å². The Bertz CT molecular complexity index is 503. The molecular weight excluding hydrogens is 340 g/mol. The van der Waals surface area contributed by atoms with Gasteiger partial charge in [-0.2, -0.15) is 8.78 Å². The molecule has 1 rings (SSSR count). The standard InChI is InChI=1S/C12H16BrF2NO2S/c1-9(2)16(8-7-13)10-3-5-11(6-4-10)19(17,18)12(14)15/h3-6,9,12H,7-8H2,1-2H3. The third kappa shape index (κ3) is 3.89. The van der Waals surface area contributed by atoms with E-state index in [-0.39, 0.29) is 10.9 Å². The molecule has 0 saturated heterocycles. The summed E-state index contributed by atoms with van der Waals surface area (Å²) in [4.78, 5) is 1.70. The fourth-order valence-corrected chi connectivity index (χ4v) is 2.81. The van der Waals surface area contributed by atoms with Crippen molar-refractivity contribution in [2.75, 3.05) is 16.8 Å². The van der Waals surface area contributed by atoms with Crippen molar-refractivity contribution in [2.45, 2.75) is 30.5 Å². The molecule has 0 aliphatic carbocycles. The number of hydrogen-bond donors (Lipinski definition) is 0. The molecule has 108 valence electrons. The van der Waals surface area contributed by atoms with Crippen LogP contribution in [0, 0.1) is 0 Å². The molecule has 0 aromatic heterocycles. The summed E-state index contributed by atoms with van der Waals surface area (Å²) in [5.41, 5.74) is 0.808. The van der Waals surface area contributed by atoms with Gasteiger partial charge in [-0.15, -0.1) is 0 Å². The first kappa shape index (κ1) is 16.4. The molecule has 1 aromatic rings. The number of sulfone groups is 1. The van der Waals surface area contributed by atoms with Gasteiger partial charge in [0.1, 0.15) is 0 Å². The topological polar surface area (TPSA) is 37.4 Å². The lowest BCUT2D eigenvalue weighted by Gasteiger charge is -2.28. The molecule has 0 atom stereocenters. The lowest BCUT2D eigenvalue weighted by Crippen LogP contribution is -2.32. The zero-order valence-corrected chi connectivity index (χ0v) is 13.1. The second kappa shape index (κ2) is 6.65. The highest BCUT2D eigenvalue weighted by Gasteiger charge is 2.26. The molecule has 7 heteroatoms. The van der Waals surface area contributed by atoms with E-state index >= 15 is 0 Å². The van der Waals surface area contributed by atoms with Crippen LogP contribution in [0.4, 0.5) is 14.5 Å². The van der Waals surface area contributed by atoms with Gasteiger partial charge in [0.05, 0.1) is 4.90 Å². The van der Waals surface area contributed by atoms with Gasteiger partial charge in [0.2, 0.25) is 9.84 Å². The Morgan fingerprint density at radius 1 is 1.21 bits per heavy atom. The minimum absolute atomic E-state index is 0.232. The second-order valence-electron chi connectivity index (χ2n) is 4.28. The van der Waals surface area contributed by atoms with Crippen molar-refractivity contribution in [2.24, 2.45) is 0 Å². The molecule has 0 fully saturated rings. The summed E-state index contributed by atoms with van der Waals surface area (Å²) in [5.74, 6) is -3.39. The lowest BCUT2D eigenvalue weighted by atomic mass is 10.2. The van der Waals surface area contributed by atoms with Crippen LogP contribution in [0.1, 0.15) is 13.8 Å². The molecule has 0 unspecified atom stereocenters. The van der Waals surface area contributed by atoms with Gasteiger partial charge in [0, 0.05) is 23.6 Å². The summed E-state index contributed by atoms with van der Waals surface area (Å²) in [6, 6.07) is 5.78. The van der Waals surface area contributed by atoms with Crippen LogP contribution in [0.25, 0.3) is 0 Å². The van der Waals surface area contributed by atoms with E-state index in [1.807, 2.05) is 18.7 Å². The second-order valence-corrected chi connectivity index (χ2v) is 6.99. The molecule has 0 N–H and O–H groups in total. The number of hydrogen-bond acceptors (Lipinski definition) is 3. The summed E-state index contributed by atoms with van der Waals surface area (Å²) < 4.78 is 47.4. The maximum absolute atomic E-state index is 12.4. The maximum Gasteiger partial charge on any atom is 0.341 e. The van der Waals surface area contributed by atoms with Gasteiger partial charge in [-0.05, 0) is 38.1 Å². The Morgan fingerprint density at radius 2 is 1.74 bits per heavy atom. The largest absolute Gasteiger partial charge is 0.368 e. The summed E-state index contributed by atoms with van der Waals surface area (Å²) >= 11 is 3.34. The fraction of sp³-hybridized carbons (Fsp3) is 0.500. The Kier molecular flexibility index (Phi) is 5.73. The summed E-state index contributed by atoms with van der Waals surface area (Å²) in [6.45, 7) is 4.76. The molecule has 3 nitrogen and oxygen atoms in total. The third-order valence-corrected chi connectivity index (χ3v) is 4.43. The molecule has 0 amide bonds. The predicted molar refractivity (Wildman–Crippen MR) is 75.9 cm³/mol.